The topological polar surface area (TPSA) is 71.3 Å². The van der Waals surface area contributed by atoms with Gasteiger partial charge < -0.3 is 14.6 Å². The van der Waals surface area contributed by atoms with Gasteiger partial charge in [-0.15, -0.1) is 10.2 Å². The Morgan fingerprint density at radius 2 is 1.92 bits per heavy atom. The zero-order valence-corrected chi connectivity index (χ0v) is 14.6. The van der Waals surface area contributed by atoms with E-state index >= 15 is 0 Å². The first-order chi connectivity index (χ1) is 12.3. The molecule has 1 aliphatic heterocycles. The van der Waals surface area contributed by atoms with Crippen LogP contribution in [0.25, 0.3) is 11.5 Å². The van der Waals surface area contributed by atoms with Gasteiger partial charge in [-0.2, -0.15) is 0 Å². The van der Waals surface area contributed by atoms with Crippen LogP contribution < -0.4 is 5.32 Å². The van der Waals surface area contributed by atoms with Crippen molar-refractivity contribution >= 4 is 5.91 Å². The number of carbonyl (C=O) groups excluding carboxylic acids is 1. The Morgan fingerprint density at radius 1 is 1.12 bits per heavy atom. The summed E-state index contributed by atoms with van der Waals surface area (Å²) in [5.41, 5.74) is 0.892. The molecule has 0 saturated carbocycles. The number of nitrogens with one attached hydrogen (secondary N) is 1. The first kappa shape index (κ1) is 17.6. The van der Waals surface area contributed by atoms with Crippen molar-refractivity contribution in [1.29, 1.82) is 0 Å². The van der Waals surface area contributed by atoms with Gasteiger partial charge in [0.15, 0.2) is 0 Å². The van der Waals surface area contributed by atoms with Gasteiger partial charge in [0.05, 0.1) is 0 Å². The van der Waals surface area contributed by atoms with Gasteiger partial charge in [-0.3, -0.25) is 4.79 Å². The number of aromatic nitrogens is 2. The van der Waals surface area contributed by atoms with Gasteiger partial charge in [-0.05, 0) is 51.0 Å². The Bertz CT molecular complexity index is 650. The molecule has 25 heavy (non-hydrogen) atoms. The fourth-order valence-corrected chi connectivity index (χ4v) is 3.07. The van der Waals surface area contributed by atoms with Crippen LogP contribution in [-0.4, -0.2) is 47.2 Å². The number of rotatable bonds is 8. The van der Waals surface area contributed by atoms with Crippen molar-refractivity contribution in [3.8, 4) is 11.5 Å². The minimum absolute atomic E-state index is 0.0399. The number of amides is 1. The Morgan fingerprint density at radius 3 is 2.72 bits per heavy atom. The first-order valence-corrected chi connectivity index (χ1v) is 9.18. The van der Waals surface area contributed by atoms with Crippen LogP contribution in [0, 0.1) is 0 Å². The van der Waals surface area contributed by atoms with Crippen LogP contribution in [0.15, 0.2) is 34.7 Å². The van der Waals surface area contributed by atoms with Crippen molar-refractivity contribution in [2.75, 3.05) is 26.2 Å². The number of hydrogen-bond acceptors (Lipinski definition) is 5. The molecule has 0 radical (unpaired) electrons. The van der Waals surface area contributed by atoms with Gasteiger partial charge >= 0.3 is 0 Å². The highest BCUT2D eigenvalue weighted by Gasteiger charge is 2.11. The zero-order chi connectivity index (χ0) is 17.3. The molecule has 134 valence electrons. The summed E-state index contributed by atoms with van der Waals surface area (Å²) in [7, 11) is 0. The van der Waals surface area contributed by atoms with Crippen LogP contribution in [-0.2, 0) is 11.2 Å². The van der Waals surface area contributed by atoms with Crippen LogP contribution in [0.2, 0.25) is 0 Å². The summed E-state index contributed by atoms with van der Waals surface area (Å²) in [6.45, 7) is 4.21. The van der Waals surface area contributed by atoms with E-state index in [1.807, 2.05) is 30.3 Å². The molecule has 0 aliphatic carbocycles. The van der Waals surface area contributed by atoms with Crippen molar-refractivity contribution in [1.82, 2.24) is 20.4 Å². The van der Waals surface area contributed by atoms with Crippen LogP contribution in [0.5, 0.6) is 0 Å². The van der Waals surface area contributed by atoms with E-state index in [0.717, 1.165) is 25.1 Å². The number of hydrogen-bond donors (Lipinski definition) is 1. The van der Waals surface area contributed by atoms with Gasteiger partial charge in [-0.1, -0.05) is 24.6 Å². The normalized spacial score (nSPS) is 15.2. The molecule has 1 aliphatic rings. The Kier molecular flexibility index (Phi) is 6.56. The molecule has 0 atom stereocenters. The maximum atomic E-state index is 11.9. The second-order valence-electron chi connectivity index (χ2n) is 6.47. The van der Waals surface area contributed by atoms with Crippen molar-refractivity contribution < 1.29 is 9.21 Å². The summed E-state index contributed by atoms with van der Waals surface area (Å²) in [4.78, 5) is 14.4. The molecule has 1 amide bonds. The average molecular weight is 342 g/mol. The minimum Gasteiger partial charge on any atom is -0.421 e. The number of aryl methyl sites for hydroxylation is 1. The van der Waals surface area contributed by atoms with E-state index in [0.29, 0.717) is 24.6 Å². The van der Waals surface area contributed by atoms with Crippen LogP contribution in [0.1, 0.15) is 38.0 Å². The van der Waals surface area contributed by atoms with E-state index in [1.54, 1.807) is 0 Å². The second-order valence-corrected chi connectivity index (χ2v) is 6.47. The smallest absolute Gasteiger partial charge is 0.247 e. The highest BCUT2D eigenvalue weighted by Crippen LogP contribution is 2.17. The Balaban J connectivity index is 1.33. The molecule has 2 heterocycles. The molecule has 6 heteroatoms. The number of benzene rings is 1. The monoisotopic (exact) mass is 342 g/mol. The maximum Gasteiger partial charge on any atom is 0.247 e. The molecule has 1 aromatic heterocycles. The van der Waals surface area contributed by atoms with Crippen LogP contribution in [0.4, 0.5) is 0 Å². The van der Waals surface area contributed by atoms with Crippen LogP contribution in [0.3, 0.4) is 0 Å². The molecular weight excluding hydrogens is 316 g/mol. The molecule has 0 bridgehead atoms. The number of carbonyl (C=O) groups is 1. The molecule has 1 saturated heterocycles. The molecule has 0 unspecified atom stereocenters. The van der Waals surface area contributed by atoms with Gasteiger partial charge in [-0.25, -0.2) is 0 Å². The van der Waals surface area contributed by atoms with E-state index in [2.05, 4.69) is 20.4 Å². The lowest BCUT2D eigenvalue weighted by Crippen LogP contribution is -2.33. The zero-order valence-electron chi connectivity index (χ0n) is 14.6. The van der Waals surface area contributed by atoms with E-state index in [1.165, 1.54) is 32.4 Å². The number of piperidine rings is 1. The van der Waals surface area contributed by atoms with Gasteiger partial charge in [0, 0.05) is 24.9 Å². The van der Waals surface area contributed by atoms with Crippen molar-refractivity contribution in [2.45, 2.75) is 38.5 Å². The third kappa shape index (κ3) is 5.67. The summed E-state index contributed by atoms with van der Waals surface area (Å²) in [5, 5.41) is 11.0. The quantitative estimate of drug-likeness (QED) is 0.747. The summed E-state index contributed by atoms with van der Waals surface area (Å²) < 4.78 is 5.62. The highest BCUT2D eigenvalue weighted by atomic mass is 16.4. The molecular formula is C19H26N4O2. The van der Waals surface area contributed by atoms with E-state index in [4.69, 9.17) is 4.42 Å². The number of nitrogens with zero attached hydrogens (tertiary/aromatic N) is 3. The molecule has 6 nitrogen and oxygen atoms in total. The average Bonchev–Trinajstić information content (AvgIpc) is 3.14. The maximum absolute atomic E-state index is 11.9. The highest BCUT2D eigenvalue weighted by molar-refractivity contribution is 5.75. The Hall–Kier alpha value is -2.21. The fourth-order valence-electron chi connectivity index (χ4n) is 3.07. The predicted molar refractivity (Wildman–Crippen MR) is 96.0 cm³/mol. The van der Waals surface area contributed by atoms with E-state index in [9.17, 15) is 4.79 Å². The van der Waals surface area contributed by atoms with Crippen LogP contribution >= 0.6 is 0 Å². The standard InChI is InChI=1S/C19H26N4O2/c24-17(20-12-7-15-23-13-5-2-6-14-23)10-11-18-21-22-19(25-18)16-8-3-1-4-9-16/h1,3-4,8-9H,2,5-7,10-15H2,(H,20,24). The first-order valence-electron chi connectivity index (χ1n) is 9.18. The lowest BCUT2D eigenvalue weighted by molar-refractivity contribution is -0.121. The lowest BCUT2D eigenvalue weighted by Gasteiger charge is -2.26. The number of likely N-dealkylation sites (tertiary alicyclic amines) is 1. The van der Waals surface area contributed by atoms with E-state index < -0.39 is 0 Å². The molecule has 2 aromatic rings. The van der Waals surface area contributed by atoms with Crippen molar-refractivity contribution in [2.24, 2.45) is 0 Å². The van der Waals surface area contributed by atoms with Gasteiger partial charge in [0.25, 0.3) is 0 Å². The third-order valence-electron chi connectivity index (χ3n) is 4.48. The predicted octanol–water partition coefficient (Wildman–Crippen LogP) is 2.66. The SMILES string of the molecule is O=C(CCc1nnc(-c2ccccc2)o1)NCCCN1CCCCC1. The van der Waals surface area contributed by atoms with Crippen molar-refractivity contribution in [3.63, 3.8) is 0 Å². The molecule has 1 N–H and O–H groups in total. The third-order valence-corrected chi connectivity index (χ3v) is 4.48. The minimum atomic E-state index is 0.0399. The largest absolute Gasteiger partial charge is 0.421 e. The second kappa shape index (κ2) is 9.32. The summed E-state index contributed by atoms with van der Waals surface area (Å²) in [6.07, 6.45) is 5.82. The fraction of sp³-hybridized carbons (Fsp3) is 0.526. The molecule has 1 aromatic carbocycles. The molecule has 3 rings (SSSR count). The lowest BCUT2D eigenvalue weighted by atomic mass is 10.1. The van der Waals surface area contributed by atoms with Crippen molar-refractivity contribution in [3.05, 3.63) is 36.2 Å². The van der Waals surface area contributed by atoms with E-state index in [-0.39, 0.29) is 5.91 Å². The molecule has 0 spiro atoms. The summed E-state index contributed by atoms with van der Waals surface area (Å²) >= 11 is 0. The van der Waals surface area contributed by atoms with Gasteiger partial charge in [0.2, 0.25) is 17.7 Å². The Labute approximate surface area is 148 Å². The van der Waals surface area contributed by atoms with Gasteiger partial charge in [0.1, 0.15) is 0 Å². The summed E-state index contributed by atoms with van der Waals surface area (Å²) in [6, 6.07) is 9.64. The molecule has 1 fully saturated rings. The summed E-state index contributed by atoms with van der Waals surface area (Å²) in [5.74, 6) is 1.04.